The van der Waals surface area contributed by atoms with Crippen LogP contribution in [0.3, 0.4) is 0 Å². The molecule has 3 aliphatic rings. The molecule has 0 radical (unpaired) electrons. The molecule has 3 aliphatic heterocycles. The fourth-order valence-electron chi connectivity index (χ4n) is 7.08. The van der Waals surface area contributed by atoms with Gasteiger partial charge in [-0.3, -0.25) is 38.5 Å². The Morgan fingerprint density at radius 2 is 1.80 bits per heavy atom. The van der Waals surface area contributed by atoms with Crippen molar-refractivity contribution >= 4 is 67.0 Å². The summed E-state index contributed by atoms with van der Waals surface area (Å²) in [5.74, 6) is -8.94. The van der Waals surface area contributed by atoms with Gasteiger partial charge in [-0.25, -0.2) is 27.0 Å². The molecule has 0 saturated carbocycles. The average molecular weight is 730 g/mol. The van der Waals surface area contributed by atoms with Gasteiger partial charge >= 0.3 is 15.9 Å². The summed E-state index contributed by atoms with van der Waals surface area (Å²) in [7, 11) is -2.93. The quantitative estimate of drug-likeness (QED) is 0.213. The van der Waals surface area contributed by atoms with E-state index < -0.39 is 94.3 Å². The number of phenolic OH excluding ortho intramolecular Hbond substituents is 1. The van der Waals surface area contributed by atoms with E-state index in [9.17, 15) is 37.5 Å². The lowest BCUT2D eigenvalue weighted by Crippen LogP contribution is -2.49. The van der Waals surface area contributed by atoms with Crippen molar-refractivity contribution in [3.05, 3.63) is 64.3 Å². The smallest absolute Gasteiger partial charge is 0.329 e. The van der Waals surface area contributed by atoms with Crippen LogP contribution in [0.2, 0.25) is 0 Å². The average Bonchev–Trinajstić information content (AvgIpc) is 3.45. The highest BCUT2D eigenvalue weighted by Gasteiger charge is 2.46. The number of carbonyl (C=O) groups is 4. The van der Waals surface area contributed by atoms with Gasteiger partial charge in [0.05, 0.1) is 30.0 Å². The summed E-state index contributed by atoms with van der Waals surface area (Å²) in [6.45, 7) is -1.72. The fourth-order valence-corrected chi connectivity index (χ4v) is 8.25. The standard InChI is InChI=1S/C32H30F3N7O8S/c1-39-23-11-16(2-5-21(23)42(31(39)48)22-6-7-25(44)37-30(22)47)20-8-9-40(15-32(20,34)35)13-26(45)36-18-3-4-19-17(10-18)12-24(43)29(28(19)33)41-14-27(46)38-51(41,49)50/h2-5,10-12,20,22,43H,6-9,13-15H2,1H3,(H,36,45)(H,38,46)(H,37,44,47). The van der Waals surface area contributed by atoms with E-state index in [1.807, 2.05) is 0 Å². The molecule has 51 heavy (non-hydrogen) atoms. The number of hydrogen-bond donors (Lipinski definition) is 4. The third-order valence-electron chi connectivity index (χ3n) is 9.47. The second kappa shape index (κ2) is 12.1. The fraction of sp³-hybridized carbons (Fsp3) is 0.344. The molecule has 4 N–H and O–H groups in total. The lowest BCUT2D eigenvalue weighted by Gasteiger charge is -2.38. The van der Waals surface area contributed by atoms with Crippen molar-refractivity contribution in [2.24, 2.45) is 7.05 Å². The molecule has 19 heteroatoms. The minimum absolute atomic E-state index is 0.0156. The number of imide groups is 1. The highest BCUT2D eigenvalue weighted by atomic mass is 32.2. The van der Waals surface area contributed by atoms with E-state index >= 15 is 13.2 Å². The molecule has 0 bridgehead atoms. The number of rotatable bonds is 6. The van der Waals surface area contributed by atoms with E-state index in [1.165, 1.54) is 57.5 Å². The summed E-state index contributed by atoms with van der Waals surface area (Å²) in [6, 6.07) is 8.57. The summed E-state index contributed by atoms with van der Waals surface area (Å²) in [4.78, 5) is 63.0. The number of piperidine rings is 2. The van der Waals surface area contributed by atoms with Crippen LogP contribution in [0.25, 0.3) is 21.8 Å². The van der Waals surface area contributed by atoms with Crippen molar-refractivity contribution in [2.45, 2.75) is 37.1 Å². The Morgan fingerprint density at radius 3 is 2.49 bits per heavy atom. The van der Waals surface area contributed by atoms with Crippen molar-refractivity contribution < 1.29 is 45.9 Å². The first-order chi connectivity index (χ1) is 24.0. The maximum atomic E-state index is 15.7. The van der Waals surface area contributed by atoms with Crippen molar-refractivity contribution in [1.82, 2.24) is 24.1 Å². The highest BCUT2D eigenvalue weighted by molar-refractivity contribution is 7.92. The Morgan fingerprint density at radius 1 is 1.04 bits per heavy atom. The van der Waals surface area contributed by atoms with Gasteiger partial charge in [-0.1, -0.05) is 6.07 Å². The van der Waals surface area contributed by atoms with Crippen LogP contribution in [0.4, 0.5) is 24.5 Å². The molecule has 4 heterocycles. The summed E-state index contributed by atoms with van der Waals surface area (Å²) < 4.78 is 75.8. The number of alkyl halides is 2. The Bertz CT molecular complexity index is 2360. The second-order valence-corrected chi connectivity index (χ2v) is 14.4. The van der Waals surface area contributed by atoms with Crippen LogP contribution in [0.15, 0.2) is 47.3 Å². The number of likely N-dealkylation sites (tertiary alicyclic amines) is 1. The number of amides is 4. The van der Waals surface area contributed by atoms with Gasteiger partial charge in [-0.05, 0) is 66.7 Å². The first kappa shape index (κ1) is 34.0. The van der Waals surface area contributed by atoms with Gasteiger partial charge < -0.3 is 10.4 Å². The molecular formula is C32H30F3N7O8S. The number of nitrogens with zero attached hydrogens (tertiary/aromatic N) is 4. The maximum Gasteiger partial charge on any atom is 0.329 e. The molecule has 2 atom stereocenters. The zero-order valence-corrected chi connectivity index (χ0v) is 27.6. The highest BCUT2D eigenvalue weighted by Crippen LogP contribution is 2.42. The maximum absolute atomic E-state index is 15.7. The number of imidazole rings is 1. The predicted molar refractivity (Wildman–Crippen MR) is 176 cm³/mol. The molecule has 0 aliphatic carbocycles. The summed E-state index contributed by atoms with van der Waals surface area (Å²) >= 11 is 0. The number of carbonyl (C=O) groups excluding carboxylic acids is 4. The number of phenols is 1. The number of aromatic nitrogens is 2. The minimum Gasteiger partial charge on any atom is -0.506 e. The molecule has 7 rings (SSSR count). The van der Waals surface area contributed by atoms with Crippen LogP contribution in [-0.4, -0.2) is 83.3 Å². The van der Waals surface area contributed by atoms with E-state index in [4.69, 9.17) is 0 Å². The van der Waals surface area contributed by atoms with Crippen LogP contribution >= 0.6 is 0 Å². The first-order valence-corrected chi connectivity index (χ1v) is 17.2. The van der Waals surface area contributed by atoms with E-state index in [2.05, 4.69) is 10.6 Å². The number of hydrogen-bond acceptors (Lipinski definition) is 9. The topological polar surface area (TPSA) is 192 Å². The van der Waals surface area contributed by atoms with Crippen molar-refractivity contribution in [1.29, 1.82) is 0 Å². The predicted octanol–water partition coefficient (Wildman–Crippen LogP) is 1.56. The van der Waals surface area contributed by atoms with Gasteiger partial charge in [0, 0.05) is 24.5 Å². The molecule has 0 spiro atoms. The molecule has 3 saturated heterocycles. The van der Waals surface area contributed by atoms with Gasteiger partial charge in [0.15, 0.2) is 5.82 Å². The Kier molecular flexibility index (Phi) is 8.09. The normalized spacial score (nSPS) is 22.0. The molecule has 15 nitrogen and oxygen atoms in total. The van der Waals surface area contributed by atoms with Gasteiger partial charge in [0.25, 0.3) is 11.8 Å². The molecule has 1 aromatic heterocycles. The van der Waals surface area contributed by atoms with Gasteiger partial charge in [-0.2, -0.15) is 8.42 Å². The largest absolute Gasteiger partial charge is 0.506 e. The zero-order valence-electron chi connectivity index (χ0n) is 26.8. The van der Waals surface area contributed by atoms with Crippen LogP contribution < -0.4 is 25.4 Å². The molecular weight excluding hydrogens is 699 g/mol. The van der Waals surface area contributed by atoms with Crippen LogP contribution in [0.1, 0.15) is 36.8 Å². The number of benzene rings is 3. The van der Waals surface area contributed by atoms with E-state index in [-0.39, 0.29) is 47.8 Å². The number of aromatic hydroxyl groups is 1. The van der Waals surface area contributed by atoms with Crippen molar-refractivity contribution in [2.75, 3.05) is 35.8 Å². The molecule has 3 aromatic carbocycles. The zero-order chi connectivity index (χ0) is 36.6. The lowest BCUT2D eigenvalue weighted by molar-refractivity contribution is -0.135. The summed E-state index contributed by atoms with van der Waals surface area (Å²) in [5, 5.41) is 15.3. The number of fused-ring (bicyclic) bond motifs is 2. The molecule has 4 aromatic rings. The monoisotopic (exact) mass is 729 g/mol. The Hall–Kier alpha value is -5.43. The first-order valence-electron chi connectivity index (χ1n) is 15.8. The van der Waals surface area contributed by atoms with Crippen LogP contribution in [-0.2, 0) is 36.4 Å². The molecule has 3 fully saturated rings. The number of nitrogens with one attached hydrogen (secondary N) is 3. The Balaban J connectivity index is 1.04. The minimum atomic E-state index is -4.40. The van der Waals surface area contributed by atoms with Crippen LogP contribution in [0, 0.1) is 5.82 Å². The summed E-state index contributed by atoms with van der Waals surface area (Å²) in [6.07, 6.45) is 0.179. The summed E-state index contributed by atoms with van der Waals surface area (Å²) in [5.41, 5.74) is -0.0554. The second-order valence-electron chi connectivity index (χ2n) is 12.8. The third-order valence-corrected chi connectivity index (χ3v) is 10.8. The molecule has 268 valence electrons. The number of aryl methyl sites for hydroxylation is 1. The number of anilines is 2. The van der Waals surface area contributed by atoms with E-state index in [0.29, 0.717) is 15.3 Å². The van der Waals surface area contributed by atoms with Crippen molar-refractivity contribution in [3.8, 4) is 5.75 Å². The van der Waals surface area contributed by atoms with Gasteiger partial charge in [-0.15, -0.1) is 0 Å². The van der Waals surface area contributed by atoms with E-state index in [1.54, 1.807) is 4.72 Å². The van der Waals surface area contributed by atoms with Crippen molar-refractivity contribution in [3.63, 3.8) is 0 Å². The molecule has 4 amide bonds. The van der Waals surface area contributed by atoms with Crippen LogP contribution in [0.5, 0.6) is 5.75 Å². The molecule has 2 unspecified atom stereocenters. The van der Waals surface area contributed by atoms with Gasteiger partial charge in [0.1, 0.15) is 24.0 Å². The SMILES string of the molecule is Cn1c(=O)n(C2CCC(=O)NC2=O)c2ccc(C3CCN(CC(=O)Nc4ccc5c(F)c(N6CC(=O)NS6(=O)=O)c(O)cc5c4)CC3(F)F)cc21. The third kappa shape index (κ3) is 5.94. The Labute approximate surface area is 286 Å². The van der Waals surface area contributed by atoms with Gasteiger partial charge in [0.2, 0.25) is 17.7 Å². The lowest BCUT2D eigenvalue weighted by atomic mass is 9.86. The number of halogens is 3. The van der Waals surface area contributed by atoms with E-state index in [0.717, 1.165) is 6.07 Å².